The number of anilines is 2. The van der Waals surface area contributed by atoms with Crippen molar-refractivity contribution in [2.75, 3.05) is 10.2 Å². The lowest BCUT2D eigenvalue weighted by molar-refractivity contribution is 0.248. The number of urea groups is 1. The van der Waals surface area contributed by atoms with E-state index < -0.39 is 11.8 Å². The number of primary amides is 1. The van der Waals surface area contributed by atoms with Crippen LogP contribution in [0.3, 0.4) is 0 Å². The van der Waals surface area contributed by atoms with Gasteiger partial charge in [0.1, 0.15) is 11.6 Å². The van der Waals surface area contributed by atoms with E-state index in [1.165, 1.54) is 34.2 Å². The van der Waals surface area contributed by atoms with Gasteiger partial charge >= 0.3 is 6.03 Å². The van der Waals surface area contributed by atoms with Gasteiger partial charge in [-0.25, -0.2) is 14.2 Å². The van der Waals surface area contributed by atoms with Crippen LogP contribution in [-0.4, -0.2) is 23.1 Å². The number of aromatic nitrogens is 1. The maximum atomic E-state index is 13.4. The van der Waals surface area contributed by atoms with E-state index in [1.54, 1.807) is 0 Å². The molecule has 144 valence electrons. The number of nitrogens with one attached hydrogen (secondary N) is 1. The smallest absolute Gasteiger partial charge is 0.319 e. The highest BCUT2D eigenvalue weighted by atomic mass is 35.5. The summed E-state index contributed by atoms with van der Waals surface area (Å²) in [5.74, 6) is 0.359. The number of nitrogens with two attached hydrogens (primary N) is 1. The molecule has 0 bridgehead atoms. The summed E-state index contributed by atoms with van der Waals surface area (Å²) in [7, 11) is 0. The second-order valence-corrected chi connectivity index (χ2v) is 7.52. The molecule has 1 aliphatic rings. The van der Waals surface area contributed by atoms with Crippen LogP contribution in [0, 0.1) is 19.7 Å². The van der Waals surface area contributed by atoms with E-state index in [9.17, 15) is 9.18 Å². The summed E-state index contributed by atoms with van der Waals surface area (Å²) in [5.41, 5.74) is 8.50. The minimum Gasteiger partial charge on any atom is -0.367 e. The molecular formula is C20H24ClFN4O. The Labute approximate surface area is 163 Å². The number of carbonyl (C=O) groups excluding carboxylic acids is 1. The average molecular weight is 391 g/mol. The molecule has 0 aliphatic heterocycles. The SMILES string of the molecule is Cc1cnc(NC2CCC(N(C(N)=O)c3ccc(F)c(Cl)c3)CC2)cc1C. The third-order valence-corrected chi connectivity index (χ3v) is 5.49. The Hall–Kier alpha value is -2.34. The zero-order chi connectivity index (χ0) is 19.6. The molecule has 3 N–H and O–H groups in total. The molecule has 1 saturated carbocycles. The van der Waals surface area contributed by atoms with E-state index in [-0.39, 0.29) is 11.1 Å². The molecule has 1 aromatic carbocycles. The van der Waals surface area contributed by atoms with E-state index in [0.717, 1.165) is 31.5 Å². The minimum atomic E-state index is -0.551. The summed E-state index contributed by atoms with van der Waals surface area (Å²) < 4.78 is 13.4. The molecule has 1 heterocycles. The van der Waals surface area contributed by atoms with Crippen LogP contribution in [0.5, 0.6) is 0 Å². The highest BCUT2D eigenvalue weighted by Gasteiger charge is 2.29. The van der Waals surface area contributed by atoms with Crippen molar-refractivity contribution in [2.45, 2.75) is 51.6 Å². The third kappa shape index (κ3) is 4.50. The fraction of sp³-hybridized carbons (Fsp3) is 0.400. The van der Waals surface area contributed by atoms with E-state index in [2.05, 4.69) is 23.3 Å². The van der Waals surface area contributed by atoms with Crippen LogP contribution in [-0.2, 0) is 0 Å². The first-order chi connectivity index (χ1) is 12.8. The van der Waals surface area contributed by atoms with Gasteiger partial charge in [0.2, 0.25) is 0 Å². The summed E-state index contributed by atoms with van der Waals surface area (Å²) in [4.78, 5) is 18.0. The van der Waals surface area contributed by atoms with Gasteiger partial charge in [-0.05, 0) is 74.9 Å². The van der Waals surface area contributed by atoms with E-state index in [0.29, 0.717) is 11.7 Å². The fourth-order valence-corrected chi connectivity index (χ4v) is 3.72. The Kier molecular flexibility index (Phi) is 5.85. The summed E-state index contributed by atoms with van der Waals surface area (Å²) >= 11 is 5.87. The molecule has 7 heteroatoms. The van der Waals surface area contributed by atoms with Crippen molar-refractivity contribution in [3.63, 3.8) is 0 Å². The van der Waals surface area contributed by atoms with Crippen LogP contribution < -0.4 is 16.0 Å². The number of carbonyl (C=O) groups is 1. The molecule has 0 atom stereocenters. The molecule has 2 aromatic rings. The van der Waals surface area contributed by atoms with Gasteiger partial charge in [-0.1, -0.05) is 11.6 Å². The van der Waals surface area contributed by atoms with Crippen molar-refractivity contribution in [3.8, 4) is 0 Å². The van der Waals surface area contributed by atoms with Crippen molar-refractivity contribution in [1.82, 2.24) is 4.98 Å². The van der Waals surface area contributed by atoms with Crippen LogP contribution in [0.25, 0.3) is 0 Å². The van der Waals surface area contributed by atoms with E-state index in [1.807, 2.05) is 13.1 Å². The first-order valence-electron chi connectivity index (χ1n) is 9.08. The van der Waals surface area contributed by atoms with Gasteiger partial charge in [-0.3, -0.25) is 4.90 Å². The van der Waals surface area contributed by atoms with Crippen LogP contribution in [0.15, 0.2) is 30.5 Å². The highest BCUT2D eigenvalue weighted by molar-refractivity contribution is 6.31. The van der Waals surface area contributed by atoms with Crippen molar-refractivity contribution in [3.05, 3.63) is 52.4 Å². The highest BCUT2D eigenvalue weighted by Crippen LogP contribution is 2.31. The standard InChI is InChI=1S/C20H24ClFN4O/c1-12-9-19(24-11-13(12)2)25-14-3-5-15(6-4-14)26(20(23)27)16-7-8-18(22)17(21)10-16/h7-11,14-15H,3-6H2,1-2H3,(H2,23,27)(H,24,25). The number of benzene rings is 1. The zero-order valence-electron chi connectivity index (χ0n) is 15.5. The second kappa shape index (κ2) is 8.13. The first-order valence-corrected chi connectivity index (χ1v) is 9.46. The number of rotatable bonds is 4. The van der Waals surface area contributed by atoms with Gasteiger partial charge in [-0.15, -0.1) is 0 Å². The summed E-state index contributed by atoms with van der Waals surface area (Å²) in [6.07, 6.45) is 5.23. The number of hydrogen-bond acceptors (Lipinski definition) is 3. The van der Waals surface area contributed by atoms with Gasteiger partial charge in [0.25, 0.3) is 0 Å². The maximum absolute atomic E-state index is 13.4. The fourth-order valence-electron chi connectivity index (χ4n) is 3.54. The molecule has 1 aromatic heterocycles. The largest absolute Gasteiger partial charge is 0.367 e. The first kappa shape index (κ1) is 19.4. The van der Waals surface area contributed by atoms with Gasteiger partial charge in [0.05, 0.1) is 5.02 Å². The summed E-state index contributed by atoms with van der Waals surface area (Å²) in [6.45, 7) is 4.11. The molecule has 0 radical (unpaired) electrons. The van der Waals surface area contributed by atoms with Gasteiger partial charge in [0.15, 0.2) is 0 Å². The molecule has 5 nitrogen and oxygen atoms in total. The third-order valence-electron chi connectivity index (χ3n) is 5.21. The lowest BCUT2D eigenvalue weighted by Gasteiger charge is -2.36. The number of nitrogens with zero attached hydrogens (tertiary/aromatic N) is 2. The normalized spacial score (nSPS) is 19.6. The second-order valence-electron chi connectivity index (χ2n) is 7.11. The lowest BCUT2D eigenvalue weighted by Crippen LogP contribution is -2.46. The van der Waals surface area contributed by atoms with E-state index >= 15 is 0 Å². The Morgan fingerprint density at radius 3 is 2.52 bits per heavy atom. The maximum Gasteiger partial charge on any atom is 0.319 e. The topological polar surface area (TPSA) is 71.2 Å². The Morgan fingerprint density at radius 2 is 1.93 bits per heavy atom. The van der Waals surface area contributed by atoms with Crippen LogP contribution in [0.2, 0.25) is 5.02 Å². The number of halogens is 2. The molecule has 27 heavy (non-hydrogen) atoms. The number of amides is 2. The number of pyridine rings is 1. The monoisotopic (exact) mass is 390 g/mol. The molecule has 1 fully saturated rings. The molecule has 1 aliphatic carbocycles. The van der Waals surface area contributed by atoms with E-state index in [4.69, 9.17) is 17.3 Å². The molecular weight excluding hydrogens is 367 g/mol. The van der Waals surface area contributed by atoms with Gasteiger partial charge in [0, 0.05) is 24.0 Å². The lowest BCUT2D eigenvalue weighted by atomic mass is 9.90. The molecule has 2 amide bonds. The summed E-state index contributed by atoms with van der Waals surface area (Å²) in [6, 6.07) is 6.01. The van der Waals surface area contributed by atoms with Crippen molar-refractivity contribution in [1.29, 1.82) is 0 Å². The minimum absolute atomic E-state index is 0.0186. The van der Waals surface area contributed by atoms with Crippen molar-refractivity contribution >= 4 is 29.1 Å². The average Bonchev–Trinajstić information content (AvgIpc) is 2.62. The van der Waals surface area contributed by atoms with Crippen LogP contribution >= 0.6 is 11.6 Å². The van der Waals surface area contributed by atoms with Crippen molar-refractivity contribution < 1.29 is 9.18 Å². The predicted octanol–water partition coefficient (Wildman–Crippen LogP) is 4.80. The summed E-state index contributed by atoms with van der Waals surface area (Å²) in [5, 5.41) is 3.46. The molecule has 0 saturated heterocycles. The van der Waals surface area contributed by atoms with Gasteiger partial charge < -0.3 is 11.1 Å². The number of hydrogen-bond donors (Lipinski definition) is 2. The predicted molar refractivity (Wildman–Crippen MR) is 107 cm³/mol. The Balaban J connectivity index is 1.66. The Bertz CT molecular complexity index is 837. The Morgan fingerprint density at radius 1 is 1.22 bits per heavy atom. The molecule has 0 unspecified atom stereocenters. The zero-order valence-corrected chi connectivity index (χ0v) is 16.3. The van der Waals surface area contributed by atoms with Gasteiger partial charge in [-0.2, -0.15) is 0 Å². The van der Waals surface area contributed by atoms with Crippen LogP contribution in [0.4, 0.5) is 20.7 Å². The quantitative estimate of drug-likeness (QED) is 0.787. The number of aryl methyl sites for hydroxylation is 2. The van der Waals surface area contributed by atoms with Crippen molar-refractivity contribution in [2.24, 2.45) is 5.73 Å². The molecule has 0 spiro atoms. The van der Waals surface area contributed by atoms with Crippen LogP contribution in [0.1, 0.15) is 36.8 Å². The molecule has 3 rings (SSSR count).